The molecule has 0 aliphatic heterocycles. The van der Waals surface area contributed by atoms with E-state index in [9.17, 15) is 4.79 Å². The molecule has 3 rings (SSSR count). The number of hydrogen-bond donors (Lipinski definition) is 1. The summed E-state index contributed by atoms with van der Waals surface area (Å²) in [6.45, 7) is 6.03. The molecule has 27 heavy (non-hydrogen) atoms. The first kappa shape index (κ1) is 18.7. The average Bonchev–Trinajstić information content (AvgIpc) is 3.00. The lowest BCUT2D eigenvalue weighted by Gasteiger charge is -2.11. The smallest absolute Gasteiger partial charge is 0.225 e. The number of hydrogen-bond acceptors (Lipinski definition) is 3. The SMILES string of the molecule is COc1ccc(CCC(=O)Nc2cc(C)nn2-c2cc(C)cc(C)c2)cc1. The van der Waals surface area contributed by atoms with Crippen molar-refractivity contribution >= 4 is 11.7 Å². The second-order valence-electron chi connectivity index (χ2n) is 6.82. The van der Waals surface area contributed by atoms with Crippen LogP contribution in [0.15, 0.2) is 48.5 Å². The Labute approximate surface area is 160 Å². The molecule has 0 unspecified atom stereocenters. The topological polar surface area (TPSA) is 56.1 Å². The van der Waals surface area contributed by atoms with Crippen LogP contribution in [0.1, 0.15) is 28.8 Å². The molecule has 0 bridgehead atoms. The number of methoxy groups -OCH3 is 1. The number of nitrogens with zero attached hydrogens (tertiary/aromatic N) is 2. The van der Waals surface area contributed by atoms with E-state index in [2.05, 4.69) is 42.5 Å². The summed E-state index contributed by atoms with van der Waals surface area (Å²) < 4.78 is 6.95. The molecule has 2 aromatic carbocycles. The fourth-order valence-electron chi connectivity index (χ4n) is 3.11. The molecular weight excluding hydrogens is 338 g/mol. The van der Waals surface area contributed by atoms with E-state index in [1.165, 1.54) is 0 Å². The van der Waals surface area contributed by atoms with E-state index in [1.54, 1.807) is 11.8 Å². The van der Waals surface area contributed by atoms with Crippen molar-refractivity contribution in [3.05, 3.63) is 70.9 Å². The van der Waals surface area contributed by atoms with Crippen LogP contribution in [0.3, 0.4) is 0 Å². The number of amides is 1. The number of anilines is 1. The van der Waals surface area contributed by atoms with Crippen LogP contribution in [0.4, 0.5) is 5.82 Å². The Morgan fingerprint density at radius 3 is 2.33 bits per heavy atom. The molecule has 3 aromatic rings. The summed E-state index contributed by atoms with van der Waals surface area (Å²) in [5.74, 6) is 1.48. The highest BCUT2D eigenvalue weighted by Crippen LogP contribution is 2.20. The minimum Gasteiger partial charge on any atom is -0.497 e. The Bertz CT molecular complexity index is 922. The molecule has 0 atom stereocenters. The molecule has 0 radical (unpaired) electrons. The molecule has 140 valence electrons. The van der Waals surface area contributed by atoms with Crippen molar-refractivity contribution in [3.63, 3.8) is 0 Å². The van der Waals surface area contributed by atoms with Crippen molar-refractivity contribution in [3.8, 4) is 11.4 Å². The van der Waals surface area contributed by atoms with Gasteiger partial charge in [-0.15, -0.1) is 0 Å². The van der Waals surface area contributed by atoms with Gasteiger partial charge >= 0.3 is 0 Å². The quantitative estimate of drug-likeness (QED) is 0.707. The summed E-state index contributed by atoms with van der Waals surface area (Å²) in [5.41, 5.74) is 5.24. The third kappa shape index (κ3) is 4.76. The van der Waals surface area contributed by atoms with Gasteiger partial charge in [0.05, 0.1) is 18.5 Å². The van der Waals surface area contributed by atoms with Crippen molar-refractivity contribution in [2.24, 2.45) is 0 Å². The van der Waals surface area contributed by atoms with E-state index < -0.39 is 0 Å². The summed E-state index contributed by atoms with van der Waals surface area (Å²) in [5, 5.41) is 7.54. The number of aryl methyl sites for hydroxylation is 4. The van der Waals surface area contributed by atoms with Gasteiger partial charge in [0.2, 0.25) is 5.91 Å². The Morgan fingerprint density at radius 1 is 1.04 bits per heavy atom. The fraction of sp³-hybridized carbons (Fsp3) is 0.273. The van der Waals surface area contributed by atoms with Gasteiger partial charge in [-0.2, -0.15) is 5.10 Å². The molecule has 0 saturated carbocycles. The van der Waals surface area contributed by atoms with Crippen LogP contribution in [0.2, 0.25) is 0 Å². The first-order chi connectivity index (χ1) is 12.9. The zero-order valence-electron chi connectivity index (χ0n) is 16.2. The number of nitrogens with one attached hydrogen (secondary N) is 1. The molecule has 1 heterocycles. The van der Waals surface area contributed by atoms with Crippen LogP contribution in [0, 0.1) is 20.8 Å². The third-order valence-corrected chi connectivity index (χ3v) is 4.35. The molecule has 0 fully saturated rings. The molecule has 1 N–H and O–H groups in total. The van der Waals surface area contributed by atoms with E-state index in [0.29, 0.717) is 18.7 Å². The minimum absolute atomic E-state index is 0.0312. The van der Waals surface area contributed by atoms with Gasteiger partial charge in [0.15, 0.2) is 0 Å². The summed E-state index contributed by atoms with van der Waals surface area (Å²) >= 11 is 0. The largest absolute Gasteiger partial charge is 0.497 e. The molecule has 0 saturated heterocycles. The van der Waals surface area contributed by atoms with Crippen LogP contribution in [0.25, 0.3) is 5.69 Å². The van der Waals surface area contributed by atoms with Gasteiger partial charge in [-0.05, 0) is 68.1 Å². The predicted molar refractivity (Wildman–Crippen MR) is 108 cm³/mol. The monoisotopic (exact) mass is 363 g/mol. The summed E-state index contributed by atoms with van der Waals surface area (Å²) in [7, 11) is 1.64. The Hall–Kier alpha value is -3.08. The van der Waals surface area contributed by atoms with Gasteiger partial charge in [0, 0.05) is 12.5 Å². The lowest BCUT2D eigenvalue weighted by atomic mass is 10.1. The van der Waals surface area contributed by atoms with Crippen LogP contribution in [-0.4, -0.2) is 22.8 Å². The molecule has 0 aliphatic carbocycles. The van der Waals surface area contributed by atoms with Gasteiger partial charge in [0.1, 0.15) is 11.6 Å². The van der Waals surface area contributed by atoms with Crippen molar-refractivity contribution < 1.29 is 9.53 Å². The van der Waals surface area contributed by atoms with Gasteiger partial charge in [0.25, 0.3) is 0 Å². The highest BCUT2D eigenvalue weighted by Gasteiger charge is 2.12. The number of benzene rings is 2. The van der Waals surface area contributed by atoms with E-state index >= 15 is 0 Å². The molecule has 1 aromatic heterocycles. The molecule has 5 nitrogen and oxygen atoms in total. The molecule has 5 heteroatoms. The van der Waals surface area contributed by atoms with Crippen LogP contribution >= 0.6 is 0 Å². The van der Waals surface area contributed by atoms with Crippen LogP contribution < -0.4 is 10.1 Å². The Kier molecular flexibility index (Phi) is 5.60. The second kappa shape index (κ2) is 8.08. The third-order valence-electron chi connectivity index (χ3n) is 4.35. The first-order valence-electron chi connectivity index (χ1n) is 9.03. The standard InChI is InChI=1S/C22H25N3O2/c1-15-11-16(2)13-19(12-15)25-21(14-17(3)24-25)23-22(26)10-7-18-5-8-20(27-4)9-6-18/h5-6,8-9,11-14H,7,10H2,1-4H3,(H,23,26). The highest BCUT2D eigenvalue weighted by atomic mass is 16.5. The number of carbonyl (C=O) groups excluding carboxylic acids is 1. The molecule has 0 spiro atoms. The number of rotatable bonds is 6. The maximum absolute atomic E-state index is 12.5. The van der Waals surface area contributed by atoms with Gasteiger partial charge in [-0.1, -0.05) is 18.2 Å². The maximum atomic E-state index is 12.5. The fourth-order valence-corrected chi connectivity index (χ4v) is 3.11. The van der Waals surface area contributed by atoms with E-state index in [1.807, 2.05) is 37.3 Å². The van der Waals surface area contributed by atoms with E-state index in [0.717, 1.165) is 33.8 Å². The van der Waals surface area contributed by atoms with E-state index in [4.69, 9.17) is 4.74 Å². The predicted octanol–water partition coefficient (Wildman–Crippen LogP) is 4.38. The van der Waals surface area contributed by atoms with Crippen molar-refractivity contribution in [2.75, 3.05) is 12.4 Å². The molecular formula is C22H25N3O2. The van der Waals surface area contributed by atoms with Gasteiger partial charge in [-0.25, -0.2) is 4.68 Å². The minimum atomic E-state index is -0.0312. The number of aromatic nitrogens is 2. The second-order valence-corrected chi connectivity index (χ2v) is 6.82. The van der Waals surface area contributed by atoms with Crippen molar-refractivity contribution in [1.29, 1.82) is 0 Å². The maximum Gasteiger partial charge on any atom is 0.225 e. The van der Waals surface area contributed by atoms with Crippen molar-refractivity contribution in [1.82, 2.24) is 9.78 Å². The van der Waals surface area contributed by atoms with Crippen LogP contribution in [-0.2, 0) is 11.2 Å². The lowest BCUT2D eigenvalue weighted by molar-refractivity contribution is -0.116. The van der Waals surface area contributed by atoms with Gasteiger partial charge in [-0.3, -0.25) is 4.79 Å². The summed E-state index contributed by atoms with van der Waals surface area (Å²) in [4.78, 5) is 12.5. The Balaban J connectivity index is 1.70. The first-order valence-corrected chi connectivity index (χ1v) is 9.03. The van der Waals surface area contributed by atoms with Crippen LogP contribution in [0.5, 0.6) is 5.75 Å². The van der Waals surface area contributed by atoms with Gasteiger partial charge < -0.3 is 10.1 Å². The molecule has 0 aliphatic rings. The average molecular weight is 363 g/mol. The number of carbonyl (C=O) groups is 1. The zero-order valence-corrected chi connectivity index (χ0v) is 16.2. The number of ether oxygens (including phenoxy) is 1. The zero-order chi connectivity index (χ0) is 19.4. The lowest BCUT2D eigenvalue weighted by Crippen LogP contribution is -2.15. The summed E-state index contributed by atoms with van der Waals surface area (Å²) in [6.07, 6.45) is 1.08. The van der Waals surface area contributed by atoms with Crippen molar-refractivity contribution in [2.45, 2.75) is 33.6 Å². The highest BCUT2D eigenvalue weighted by molar-refractivity contribution is 5.90. The Morgan fingerprint density at radius 2 is 1.70 bits per heavy atom. The normalized spacial score (nSPS) is 10.7. The summed E-state index contributed by atoms with van der Waals surface area (Å²) in [6, 6.07) is 15.9. The van der Waals surface area contributed by atoms with E-state index in [-0.39, 0.29) is 5.91 Å². The molecule has 1 amide bonds.